The van der Waals surface area contributed by atoms with Gasteiger partial charge in [-0.3, -0.25) is 0 Å². The van der Waals surface area contributed by atoms with E-state index in [0.717, 1.165) is 44.0 Å². The van der Waals surface area contributed by atoms with Gasteiger partial charge >= 0.3 is 0 Å². The van der Waals surface area contributed by atoms with Crippen molar-refractivity contribution < 1.29 is 0 Å². The first-order chi connectivity index (χ1) is 9.33. The maximum atomic E-state index is 4.45. The van der Waals surface area contributed by atoms with Crippen molar-refractivity contribution in [1.82, 2.24) is 15.3 Å². The quantitative estimate of drug-likeness (QED) is 0.854. The highest BCUT2D eigenvalue weighted by molar-refractivity contribution is 5.39. The van der Waals surface area contributed by atoms with Gasteiger partial charge in [0.15, 0.2) is 0 Å². The molecule has 2 rings (SSSR count). The smallest absolute Gasteiger partial charge is 0.132 e. The highest BCUT2D eigenvalue weighted by atomic mass is 15.2. The summed E-state index contributed by atoms with van der Waals surface area (Å²) in [6, 6.07) is 2.77. The van der Waals surface area contributed by atoms with Crippen LogP contribution in [0.1, 0.15) is 45.2 Å². The van der Waals surface area contributed by atoms with Crippen LogP contribution in [0.3, 0.4) is 0 Å². The third-order valence-electron chi connectivity index (χ3n) is 3.64. The number of anilines is 1. The van der Waals surface area contributed by atoms with Crippen molar-refractivity contribution in [2.24, 2.45) is 0 Å². The molecule has 4 nitrogen and oxygen atoms in total. The first-order valence-corrected chi connectivity index (χ1v) is 7.62. The second-order valence-corrected chi connectivity index (χ2v) is 5.36. The Morgan fingerprint density at radius 3 is 3.00 bits per heavy atom. The molecule has 0 bridgehead atoms. The number of aromatic nitrogens is 2. The van der Waals surface area contributed by atoms with Crippen LogP contribution < -0.4 is 10.2 Å². The monoisotopic (exact) mass is 262 g/mol. The van der Waals surface area contributed by atoms with Gasteiger partial charge in [0.1, 0.15) is 12.1 Å². The van der Waals surface area contributed by atoms with E-state index < -0.39 is 0 Å². The van der Waals surface area contributed by atoms with Crippen molar-refractivity contribution in [1.29, 1.82) is 0 Å². The zero-order valence-corrected chi connectivity index (χ0v) is 12.2. The van der Waals surface area contributed by atoms with Crippen molar-refractivity contribution >= 4 is 5.82 Å². The molecular weight excluding hydrogens is 236 g/mol. The highest BCUT2D eigenvalue weighted by Crippen LogP contribution is 2.18. The second-order valence-electron chi connectivity index (χ2n) is 5.36. The van der Waals surface area contributed by atoms with E-state index in [1.165, 1.54) is 19.3 Å². The molecule has 1 aromatic rings. The maximum absolute atomic E-state index is 4.45. The van der Waals surface area contributed by atoms with Crippen LogP contribution in [-0.4, -0.2) is 35.6 Å². The number of hydrogen-bond donors (Lipinski definition) is 1. The normalized spacial score (nSPS) is 19.7. The predicted octanol–water partition coefficient (Wildman–Crippen LogP) is 2.40. The van der Waals surface area contributed by atoms with Crippen LogP contribution >= 0.6 is 0 Å². The van der Waals surface area contributed by atoms with Gasteiger partial charge in [-0.15, -0.1) is 0 Å². The third-order valence-corrected chi connectivity index (χ3v) is 3.64. The fraction of sp³-hybridized carbons (Fsp3) is 0.733. The fourth-order valence-corrected chi connectivity index (χ4v) is 2.65. The molecular formula is C15H26N4. The zero-order valence-electron chi connectivity index (χ0n) is 12.2. The fourth-order valence-electron chi connectivity index (χ4n) is 2.65. The molecule has 0 aliphatic carbocycles. The molecule has 1 atom stereocenters. The summed E-state index contributed by atoms with van der Waals surface area (Å²) in [7, 11) is 0. The van der Waals surface area contributed by atoms with Crippen molar-refractivity contribution in [3.8, 4) is 0 Å². The van der Waals surface area contributed by atoms with Crippen molar-refractivity contribution in [2.45, 2.75) is 52.0 Å². The first kappa shape index (κ1) is 14.3. The molecule has 0 amide bonds. The Morgan fingerprint density at radius 1 is 1.32 bits per heavy atom. The van der Waals surface area contributed by atoms with Gasteiger partial charge in [-0.2, -0.15) is 0 Å². The molecule has 1 unspecified atom stereocenters. The summed E-state index contributed by atoms with van der Waals surface area (Å²) in [5.74, 6) is 1.10. The summed E-state index contributed by atoms with van der Waals surface area (Å²) in [5, 5.41) is 3.63. The lowest BCUT2D eigenvalue weighted by Crippen LogP contribution is -2.46. The number of piperidine rings is 1. The van der Waals surface area contributed by atoms with Gasteiger partial charge in [-0.05, 0) is 32.2 Å². The van der Waals surface area contributed by atoms with Crippen LogP contribution in [0.4, 0.5) is 5.82 Å². The minimum absolute atomic E-state index is 0.610. The molecule has 19 heavy (non-hydrogen) atoms. The highest BCUT2D eigenvalue weighted by Gasteiger charge is 2.20. The molecule has 106 valence electrons. The SMILES string of the molecule is CCCNC1CCCN(c2cc(CCC)ncn2)C1. The molecule has 0 radical (unpaired) electrons. The number of hydrogen-bond acceptors (Lipinski definition) is 4. The average molecular weight is 262 g/mol. The van der Waals surface area contributed by atoms with Gasteiger partial charge in [0.05, 0.1) is 0 Å². The van der Waals surface area contributed by atoms with E-state index in [4.69, 9.17) is 0 Å². The zero-order chi connectivity index (χ0) is 13.5. The van der Waals surface area contributed by atoms with Crippen molar-refractivity contribution in [2.75, 3.05) is 24.5 Å². The maximum Gasteiger partial charge on any atom is 0.132 e. The van der Waals surface area contributed by atoms with Gasteiger partial charge in [0, 0.05) is 30.9 Å². The van der Waals surface area contributed by atoms with Crippen LogP contribution in [0, 0.1) is 0 Å². The van der Waals surface area contributed by atoms with E-state index in [-0.39, 0.29) is 0 Å². The Bertz CT molecular complexity index is 380. The van der Waals surface area contributed by atoms with E-state index in [9.17, 15) is 0 Å². The Kier molecular flexibility index (Phi) is 5.58. The standard InChI is InChI=1S/C15H26N4/c1-3-6-13-10-15(18-12-17-13)19-9-5-7-14(11-19)16-8-4-2/h10,12,14,16H,3-9,11H2,1-2H3. The molecule has 1 fully saturated rings. The molecule has 0 aromatic carbocycles. The summed E-state index contributed by atoms with van der Waals surface area (Å²) in [5.41, 5.74) is 1.16. The molecule has 1 aliphatic rings. The van der Waals surface area contributed by atoms with Gasteiger partial charge in [0.2, 0.25) is 0 Å². The van der Waals surface area contributed by atoms with E-state index >= 15 is 0 Å². The molecule has 1 N–H and O–H groups in total. The van der Waals surface area contributed by atoms with Crippen molar-refractivity contribution in [3.05, 3.63) is 18.1 Å². The van der Waals surface area contributed by atoms with Crippen LogP contribution in [-0.2, 0) is 6.42 Å². The largest absolute Gasteiger partial charge is 0.355 e. The number of rotatable bonds is 6. The van der Waals surface area contributed by atoms with E-state index in [1.807, 2.05) is 0 Å². The molecule has 1 saturated heterocycles. The summed E-state index contributed by atoms with van der Waals surface area (Å²) in [4.78, 5) is 11.2. The first-order valence-electron chi connectivity index (χ1n) is 7.62. The Morgan fingerprint density at radius 2 is 2.21 bits per heavy atom. The van der Waals surface area contributed by atoms with Gasteiger partial charge in [-0.25, -0.2) is 9.97 Å². The summed E-state index contributed by atoms with van der Waals surface area (Å²) < 4.78 is 0. The lowest BCUT2D eigenvalue weighted by Gasteiger charge is -2.34. The summed E-state index contributed by atoms with van der Waals surface area (Å²) in [6.07, 6.45) is 7.62. The number of nitrogens with one attached hydrogen (secondary N) is 1. The lowest BCUT2D eigenvalue weighted by atomic mass is 10.1. The van der Waals surface area contributed by atoms with E-state index in [0.29, 0.717) is 6.04 Å². The minimum Gasteiger partial charge on any atom is -0.355 e. The third kappa shape index (κ3) is 4.16. The summed E-state index contributed by atoms with van der Waals surface area (Å²) in [6.45, 7) is 7.71. The van der Waals surface area contributed by atoms with Crippen LogP contribution in [0.25, 0.3) is 0 Å². The summed E-state index contributed by atoms with van der Waals surface area (Å²) >= 11 is 0. The van der Waals surface area contributed by atoms with Crippen LogP contribution in [0.2, 0.25) is 0 Å². The Labute approximate surface area is 116 Å². The van der Waals surface area contributed by atoms with E-state index in [2.05, 4.69) is 40.1 Å². The van der Waals surface area contributed by atoms with Crippen LogP contribution in [0.15, 0.2) is 12.4 Å². The number of nitrogens with zero attached hydrogens (tertiary/aromatic N) is 3. The second kappa shape index (κ2) is 7.43. The molecule has 2 heterocycles. The van der Waals surface area contributed by atoms with Crippen molar-refractivity contribution in [3.63, 3.8) is 0 Å². The molecule has 1 aromatic heterocycles. The molecule has 1 aliphatic heterocycles. The van der Waals surface area contributed by atoms with E-state index in [1.54, 1.807) is 6.33 Å². The average Bonchev–Trinajstić information content (AvgIpc) is 2.46. The lowest BCUT2D eigenvalue weighted by molar-refractivity contribution is 0.421. The predicted molar refractivity (Wildman–Crippen MR) is 79.6 cm³/mol. The topological polar surface area (TPSA) is 41.0 Å². The molecule has 4 heteroatoms. The minimum atomic E-state index is 0.610. The van der Waals surface area contributed by atoms with Crippen LogP contribution in [0.5, 0.6) is 0 Å². The molecule has 0 spiro atoms. The van der Waals surface area contributed by atoms with Gasteiger partial charge < -0.3 is 10.2 Å². The molecule has 0 saturated carbocycles. The Hall–Kier alpha value is -1.16. The van der Waals surface area contributed by atoms with Gasteiger partial charge in [0.25, 0.3) is 0 Å². The Balaban J connectivity index is 1.98. The van der Waals surface area contributed by atoms with Gasteiger partial charge in [-0.1, -0.05) is 20.3 Å². The number of aryl methyl sites for hydroxylation is 1.